The summed E-state index contributed by atoms with van der Waals surface area (Å²) in [6.45, 7) is 10.7. The first-order valence-corrected chi connectivity index (χ1v) is 16.7. The van der Waals surface area contributed by atoms with Gasteiger partial charge >= 0.3 is 0 Å². The summed E-state index contributed by atoms with van der Waals surface area (Å²) in [6, 6.07) is 14.5. The van der Waals surface area contributed by atoms with Crippen molar-refractivity contribution in [3.8, 4) is 0 Å². The second-order valence-electron chi connectivity index (χ2n) is 12.8. The maximum absolute atomic E-state index is 13.6. The van der Waals surface area contributed by atoms with E-state index in [-0.39, 0.29) is 30.1 Å². The largest absolute Gasteiger partial charge is 0.369 e. The normalized spacial score (nSPS) is 23.6. The molecular formula is C34H46ClN7O2. The van der Waals surface area contributed by atoms with Crippen LogP contribution >= 0.6 is 11.6 Å². The summed E-state index contributed by atoms with van der Waals surface area (Å²) in [4.78, 5) is 35.7. The van der Waals surface area contributed by atoms with E-state index in [1.165, 1.54) is 16.8 Å². The lowest BCUT2D eigenvalue weighted by Gasteiger charge is -2.50. The van der Waals surface area contributed by atoms with E-state index >= 15 is 0 Å². The minimum absolute atomic E-state index is 0.0334. The Hall–Kier alpha value is -3.30. The van der Waals surface area contributed by atoms with Crippen molar-refractivity contribution in [3.63, 3.8) is 0 Å². The zero-order chi connectivity index (χ0) is 30.6. The first kappa shape index (κ1) is 30.7. The van der Waals surface area contributed by atoms with Gasteiger partial charge in [0, 0.05) is 68.9 Å². The van der Waals surface area contributed by atoms with Gasteiger partial charge in [-0.25, -0.2) is 0 Å². The van der Waals surface area contributed by atoms with E-state index in [9.17, 15) is 9.59 Å². The van der Waals surface area contributed by atoms with Gasteiger partial charge in [0.15, 0.2) is 6.29 Å². The molecule has 3 fully saturated rings. The maximum Gasteiger partial charge on any atom is 0.231 e. The van der Waals surface area contributed by atoms with Gasteiger partial charge in [-0.05, 0) is 74.5 Å². The fourth-order valence-electron chi connectivity index (χ4n) is 7.30. The molecule has 0 spiro atoms. The molecule has 3 heterocycles. The van der Waals surface area contributed by atoms with Crippen LogP contribution in [0.1, 0.15) is 61.6 Å². The number of rotatable bonds is 10. The number of anilines is 1. The number of fused-ring (bicyclic) bond motifs is 3. The molecular weight excluding hydrogens is 574 g/mol. The van der Waals surface area contributed by atoms with E-state index in [0.29, 0.717) is 31.0 Å². The van der Waals surface area contributed by atoms with Gasteiger partial charge in [-0.15, -0.1) is 0 Å². The highest BCUT2D eigenvalue weighted by Gasteiger charge is 2.50. The summed E-state index contributed by atoms with van der Waals surface area (Å²) < 4.78 is 0. The minimum atomic E-state index is -0.314. The first-order chi connectivity index (χ1) is 21.4. The molecule has 4 aliphatic rings. The second-order valence-corrected chi connectivity index (χ2v) is 13.2. The van der Waals surface area contributed by atoms with E-state index in [2.05, 4.69) is 62.6 Å². The molecule has 2 saturated heterocycles. The average molecular weight is 620 g/mol. The number of carbonyl (C=O) groups excluding carboxylic acids is 2. The highest BCUT2D eigenvalue weighted by atomic mass is 35.5. The third-order valence-corrected chi connectivity index (χ3v) is 10.00. The number of benzene rings is 2. The van der Waals surface area contributed by atoms with Crippen LogP contribution in [-0.4, -0.2) is 83.9 Å². The van der Waals surface area contributed by atoms with Crippen LogP contribution in [0.5, 0.6) is 0 Å². The van der Waals surface area contributed by atoms with Crippen molar-refractivity contribution in [3.05, 3.63) is 64.2 Å². The molecule has 2 amide bonds. The Morgan fingerprint density at radius 2 is 1.82 bits per heavy atom. The molecule has 3 unspecified atom stereocenters. The molecule has 1 saturated carbocycles. The van der Waals surface area contributed by atoms with E-state index in [0.717, 1.165) is 76.2 Å². The zero-order valence-electron chi connectivity index (χ0n) is 26.1. The number of aryl methyl sites for hydroxylation is 2. The monoisotopic (exact) mass is 619 g/mol. The SMILES string of the molecule is Cc1ccc(C)c(N2CCN(CCCNC(=O)CCC3=NNC4N(Cc5ccc(Cl)cc5)C(=O)C5CCCCC5N34)CC2)c1. The van der Waals surface area contributed by atoms with E-state index in [4.69, 9.17) is 11.6 Å². The number of hydrogen-bond donors (Lipinski definition) is 2. The number of hydrogen-bond acceptors (Lipinski definition) is 7. The third kappa shape index (κ3) is 6.84. The first-order valence-electron chi connectivity index (χ1n) is 16.3. The topological polar surface area (TPSA) is 83.5 Å². The van der Waals surface area contributed by atoms with Crippen LogP contribution in [-0.2, 0) is 16.1 Å². The van der Waals surface area contributed by atoms with Crippen LogP contribution in [0.4, 0.5) is 5.69 Å². The standard InChI is InChI=1S/C34H46ClN7O2/c1-24-8-9-25(2)30(22-24)40-20-18-39(19-21-40)17-5-16-36-32(43)15-14-31-37-38-34-41(23-26-10-12-27(35)13-11-26)33(44)28-6-3-4-7-29(28)42(31)34/h8-13,22,28-29,34,38H,3-7,14-21,23H2,1-2H3,(H,36,43). The summed E-state index contributed by atoms with van der Waals surface area (Å²) >= 11 is 6.09. The predicted octanol–water partition coefficient (Wildman–Crippen LogP) is 4.47. The highest BCUT2D eigenvalue weighted by Crippen LogP contribution is 2.38. The van der Waals surface area contributed by atoms with Crippen molar-refractivity contribution < 1.29 is 9.59 Å². The van der Waals surface area contributed by atoms with E-state index < -0.39 is 0 Å². The Morgan fingerprint density at radius 1 is 1.05 bits per heavy atom. The molecule has 2 aromatic carbocycles. The number of amidine groups is 1. The van der Waals surface area contributed by atoms with Gasteiger partial charge in [0.25, 0.3) is 0 Å². The van der Waals surface area contributed by atoms with Gasteiger partial charge in [0.2, 0.25) is 11.8 Å². The predicted molar refractivity (Wildman–Crippen MR) is 175 cm³/mol. The quantitative estimate of drug-likeness (QED) is 0.382. The van der Waals surface area contributed by atoms with Crippen LogP contribution in [0.2, 0.25) is 5.02 Å². The number of amides is 2. The van der Waals surface area contributed by atoms with Gasteiger partial charge in [-0.3, -0.25) is 24.8 Å². The number of hydrazone groups is 1. The fraction of sp³-hybridized carbons (Fsp3) is 0.559. The van der Waals surface area contributed by atoms with Crippen molar-refractivity contribution >= 4 is 34.9 Å². The Balaban J connectivity index is 0.956. The van der Waals surface area contributed by atoms with Crippen LogP contribution in [0.25, 0.3) is 0 Å². The second kappa shape index (κ2) is 13.8. The van der Waals surface area contributed by atoms with Gasteiger partial charge < -0.3 is 15.1 Å². The smallest absolute Gasteiger partial charge is 0.231 e. The summed E-state index contributed by atoms with van der Waals surface area (Å²) in [7, 11) is 0. The molecule has 2 N–H and O–H groups in total. The molecule has 1 aliphatic carbocycles. The van der Waals surface area contributed by atoms with Gasteiger partial charge in [-0.1, -0.05) is 48.7 Å². The van der Waals surface area contributed by atoms with Crippen molar-refractivity contribution in [1.82, 2.24) is 25.4 Å². The molecule has 3 aliphatic heterocycles. The number of halogens is 1. The number of piperazine rings is 1. The average Bonchev–Trinajstić information content (AvgIpc) is 3.47. The third-order valence-electron chi connectivity index (χ3n) is 9.75. The fourth-order valence-corrected chi connectivity index (χ4v) is 7.43. The molecule has 0 aromatic heterocycles. The molecule has 2 aromatic rings. The van der Waals surface area contributed by atoms with Gasteiger partial charge in [-0.2, -0.15) is 5.10 Å². The molecule has 6 rings (SSSR count). The number of nitrogens with one attached hydrogen (secondary N) is 2. The van der Waals surface area contributed by atoms with Crippen molar-refractivity contribution in [2.45, 2.75) is 77.7 Å². The molecule has 236 valence electrons. The minimum Gasteiger partial charge on any atom is -0.369 e. The molecule has 9 nitrogen and oxygen atoms in total. The van der Waals surface area contributed by atoms with E-state index in [1.807, 2.05) is 29.2 Å². The van der Waals surface area contributed by atoms with Crippen molar-refractivity contribution in [2.24, 2.45) is 11.0 Å². The van der Waals surface area contributed by atoms with Gasteiger partial charge in [0.05, 0.1) is 5.92 Å². The van der Waals surface area contributed by atoms with Crippen LogP contribution in [0.3, 0.4) is 0 Å². The van der Waals surface area contributed by atoms with Crippen LogP contribution in [0.15, 0.2) is 47.6 Å². The molecule has 10 heteroatoms. The summed E-state index contributed by atoms with van der Waals surface area (Å²) in [5.74, 6) is 1.10. The molecule has 0 bridgehead atoms. The lowest BCUT2D eigenvalue weighted by molar-refractivity contribution is -0.156. The molecule has 0 radical (unpaired) electrons. The summed E-state index contributed by atoms with van der Waals surface area (Å²) in [6.07, 6.45) is 5.64. The Kier molecular flexibility index (Phi) is 9.62. The lowest BCUT2D eigenvalue weighted by Crippen LogP contribution is -2.67. The van der Waals surface area contributed by atoms with Crippen LogP contribution in [0, 0.1) is 19.8 Å². The van der Waals surface area contributed by atoms with Gasteiger partial charge in [0.1, 0.15) is 5.84 Å². The number of nitrogens with zero attached hydrogens (tertiary/aromatic N) is 5. The van der Waals surface area contributed by atoms with Crippen molar-refractivity contribution in [1.29, 1.82) is 0 Å². The highest BCUT2D eigenvalue weighted by molar-refractivity contribution is 6.30. The Labute approximate surface area is 266 Å². The summed E-state index contributed by atoms with van der Waals surface area (Å²) in [5, 5.41) is 8.48. The Morgan fingerprint density at radius 3 is 2.61 bits per heavy atom. The van der Waals surface area contributed by atoms with Crippen LogP contribution < -0.4 is 15.6 Å². The number of carbonyl (C=O) groups is 2. The lowest BCUT2D eigenvalue weighted by atomic mass is 9.80. The van der Waals surface area contributed by atoms with E-state index in [1.54, 1.807) is 0 Å². The molecule has 3 atom stereocenters. The zero-order valence-corrected chi connectivity index (χ0v) is 26.9. The Bertz CT molecular complexity index is 1360. The maximum atomic E-state index is 13.6. The molecule has 44 heavy (non-hydrogen) atoms. The van der Waals surface area contributed by atoms with Crippen molar-refractivity contribution in [2.75, 3.05) is 44.2 Å². The summed E-state index contributed by atoms with van der Waals surface area (Å²) in [5.41, 5.74) is 8.27.